The van der Waals surface area contributed by atoms with E-state index in [-0.39, 0.29) is 13.0 Å². The van der Waals surface area contributed by atoms with E-state index in [0.717, 1.165) is 64.2 Å². The second kappa shape index (κ2) is 40.1. The summed E-state index contributed by atoms with van der Waals surface area (Å²) in [4.78, 5) is 23.2. The van der Waals surface area contributed by atoms with Gasteiger partial charge >= 0.3 is 13.8 Å². The van der Waals surface area contributed by atoms with Gasteiger partial charge in [0.05, 0.1) is 13.2 Å². The Bertz CT molecular complexity index is 1120. The van der Waals surface area contributed by atoms with Gasteiger partial charge in [0, 0.05) is 13.0 Å². The molecule has 0 aromatic carbocycles. The number of carbonyl (C=O) groups is 1. The van der Waals surface area contributed by atoms with Crippen LogP contribution < -0.4 is 0 Å². The van der Waals surface area contributed by atoms with Crippen molar-refractivity contribution in [3.05, 3.63) is 24.3 Å². The predicted octanol–water partition coefficient (Wildman–Crippen LogP) is 10.9. The van der Waals surface area contributed by atoms with E-state index in [9.17, 15) is 39.8 Å². The maximum Gasteiger partial charge on any atom is 0.472 e. The second-order valence-electron chi connectivity index (χ2n) is 17.7. The Balaban J connectivity index is 2.34. The van der Waals surface area contributed by atoms with E-state index in [2.05, 4.69) is 38.2 Å². The predicted molar refractivity (Wildman–Crippen MR) is 249 cm³/mol. The van der Waals surface area contributed by atoms with Crippen molar-refractivity contribution in [3.63, 3.8) is 0 Å². The highest BCUT2D eigenvalue weighted by molar-refractivity contribution is 7.47. The number of hydrogen-bond acceptors (Lipinski definition) is 11. The van der Waals surface area contributed by atoms with Crippen molar-refractivity contribution in [2.75, 3.05) is 19.8 Å². The number of phosphoric acid groups is 1. The fraction of sp³-hybridized carbons (Fsp3) is 0.898. The summed E-state index contributed by atoms with van der Waals surface area (Å²) in [5.74, 6) is -0.477. The highest BCUT2D eigenvalue weighted by Crippen LogP contribution is 2.47. The largest absolute Gasteiger partial charge is 0.472 e. The number of esters is 1. The van der Waals surface area contributed by atoms with Crippen LogP contribution >= 0.6 is 7.82 Å². The Labute approximate surface area is 377 Å². The summed E-state index contributed by atoms with van der Waals surface area (Å²) in [5.41, 5.74) is 0. The maximum atomic E-state index is 12.8. The van der Waals surface area contributed by atoms with Gasteiger partial charge in [-0.3, -0.25) is 13.8 Å². The van der Waals surface area contributed by atoms with Crippen LogP contribution in [0.3, 0.4) is 0 Å². The molecule has 1 fully saturated rings. The van der Waals surface area contributed by atoms with E-state index in [4.69, 9.17) is 18.5 Å². The lowest BCUT2D eigenvalue weighted by Crippen LogP contribution is -2.64. The molecule has 12 nitrogen and oxygen atoms in total. The molecule has 0 heterocycles. The second-order valence-corrected chi connectivity index (χ2v) is 19.1. The van der Waals surface area contributed by atoms with Crippen LogP contribution in [0.2, 0.25) is 0 Å². The molecule has 6 unspecified atom stereocenters. The zero-order valence-electron chi connectivity index (χ0n) is 39.2. The summed E-state index contributed by atoms with van der Waals surface area (Å²) < 4.78 is 34.2. The molecule has 13 heteroatoms. The van der Waals surface area contributed by atoms with Crippen molar-refractivity contribution in [3.8, 4) is 0 Å². The summed E-state index contributed by atoms with van der Waals surface area (Å²) in [6.45, 7) is 4.23. The number of aliphatic hydroxyl groups is 5. The molecular formula is C49H93O12P. The third-order valence-corrected chi connectivity index (χ3v) is 12.8. The van der Waals surface area contributed by atoms with Crippen LogP contribution in [0.15, 0.2) is 24.3 Å². The number of hydrogen-bond donors (Lipinski definition) is 6. The molecule has 0 bridgehead atoms. The van der Waals surface area contributed by atoms with Gasteiger partial charge in [-0.05, 0) is 38.5 Å². The lowest BCUT2D eigenvalue weighted by molar-refractivity contribution is -0.220. The zero-order chi connectivity index (χ0) is 45.5. The summed E-state index contributed by atoms with van der Waals surface area (Å²) >= 11 is 0. The molecular weight excluding hydrogens is 812 g/mol. The molecule has 0 saturated heterocycles. The van der Waals surface area contributed by atoms with Crippen LogP contribution in [0.5, 0.6) is 0 Å². The highest BCUT2D eigenvalue weighted by Gasteiger charge is 2.51. The summed E-state index contributed by atoms with van der Waals surface area (Å²) in [7, 11) is -5.02. The Morgan fingerprint density at radius 3 is 1.40 bits per heavy atom. The minimum absolute atomic E-state index is 0.0799. The van der Waals surface area contributed by atoms with E-state index in [1.807, 2.05) is 0 Å². The number of phosphoric ester groups is 1. The van der Waals surface area contributed by atoms with Gasteiger partial charge in [-0.2, -0.15) is 0 Å². The Morgan fingerprint density at radius 1 is 0.516 bits per heavy atom. The summed E-state index contributed by atoms with van der Waals surface area (Å²) in [6, 6.07) is 0. The molecule has 1 rings (SSSR count). The maximum absolute atomic E-state index is 12.8. The minimum atomic E-state index is -5.02. The molecule has 1 aliphatic carbocycles. The van der Waals surface area contributed by atoms with Crippen molar-refractivity contribution in [1.82, 2.24) is 0 Å². The summed E-state index contributed by atoms with van der Waals surface area (Å²) in [6.07, 6.45) is 33.9. The fourth-order valence-electron chi connectivity index (χ4n) is 7.79. The molecule has 0 aromatic rings. The molecule has 1 saturated carbocycles. The molecule has 366 valence electrons. The minimum Gasteiger partial charge on any atom is -0.457 e. The zero-order valence-corrected chi connectivity index (χ0v) is 40.1. The number of rotatable bonds is 43. The van der Waals surface area contributed by atoms with E-state index < -0.39 is 63.1 Å². The summed E-state index contributed by atoms with van der Waals surface area (Å²) in [5, 5.41) is 50.2. The van der Waals surface area contributed by atoms with E-state index in [1.54, 1.807) is 0 Å². The average molecular weight is 905 g/mol. The third-order valence-electron chi connectivity index (χ3n) is 11.8. The van der Waals surface area contributed by atoms with Gasteiger partial charge in [0.25, 0.3) is 0 Å². The topological polar surface area (TPSA) is 192 Å². The Kier molecular flexibility index (Phi) is 38.1. The first-order valence-corrected chi connectivity index (χ1v) is 26.7. The van der Waals surface area contributed by atoms with Gasteiger partial charge in [-0.15, -0.1) is 0 Å². The van der Waals surface area contributed by atoms with E-state index in [1.165, 1.54) is 128 Å². The molecule has 0 aromatic heterocycles. The monoisotopic (exact) mass is 905 g/mol. The first-order chi connectivity index (χ1) is 30.0. The van der Waals surface area contributed by atoms with Crippen LogP contribution in [0.1, 0.15) is 219 Å². The van der Waals surface area contributed by atoms with E-state index in [0.29, 0.717) is 13.0 Å². The van der Waals surface area contributed by atoms with Gasteiger partial charge in [0.15, 0.2) is 0 Å². The Hall–Kier alpha value is -1.18. The smallest absolute Gasteiger partial charge is 0.457 e. The first-order valence-electron chi connectivity index (χ1n) is 25.2. The molecule has 0 radical (unpaired) electrons. The van der Waals surface area contributed by atoms with Crippen LogP contribution in [-0.2, 0) is 27.9 Å². The van der Waals surface area contributed by atoms with Crippen molar-refractivity contribution < 1.29 is 58.3 Å². The molecule has 6 N–H and O–H groups in total. The number of carbonyl (C=O) groups excluding carboxylic acids is 1. The third kappa shape index (κ3) is 31.7. The van der Waals surface area contributed by atoms with Crippen LogP contribution in [0.25, 0.3) is 0 Å². The van der Waals surface area contributed by atoms with E-state index >= 15 is 0 Å². The molecule has 1 aliphatic rings. The van der Waals surface area contributed by atoms with Crippen molar-refractivity contribution in [2.24, 2.45) is 0 Å². The first kappa shape index (κ1) is 58.8. The van der Waals surface area contributed by atoms with Gasteiger partial charge < -0.3 is 39.9 Å². The highest BCUT2D eigenvalue weighted by atomic mass is 31.2. The van der Waals surface area contributed by atoms with Crippen molar-refractivity contribution in [1.29, 1.82) is 0 Å². The molecule has 0 aliphatic heterocycles. The Morgan fingerprint density at radius 2 is 0.919 bits per heavy atom. The van der Waals surface area contributed by atoms with Gasteiger partial charge in [-0.25, -0.2) is 4.57 Å². The standard InChI is InChI=1S/C49H93O12P/c1-3-5-7-9-11-13-15-17-19-20-21-22-23-24-26-28-30-32-34-36-38-43(50)60-42(41-59-62(56,57)61-49-47(54)45(52)44(51)46(53)48(49)55)40-58-39-37-35-33-31-29-27-25-18-16-14-12-10-8-6-4-2/h10,12,16,18,42,44-49,51-55H,3-9,11,13-15,17,19-41H2,1-2H3,(H,56,57)/b12-10-,18-16-. The normalized spacial score (nSPS) is 22.1. The van der Waals surface area contributed by atoms with Crippen LogP contribution in [-0.4, -0.2) is 98.9 Å². The lowest BCUT2D eigenvalue weighted by Gasteiger charge is -2.41. The van der Waals surface area contributed by atoms with Crippen LogP contribution in [0.4, 0.5) is 0 Å². The number of allylic oxidation sites excluding steroid dienone is 4. The molecule has 6 atom stereocenters. The number of ether oxygens (including phenoxy) is 2. The lowest BCUT2D eigenvalue weighted by atomic mass is 9.85. The van der Waals surface area contributed by atoms with Crippen molar-refractivity contribution in [2.45, 2.75) is 262 Å². The fourth-order valence-corrected chi connectivity index (χ4v) is 8.76. The molecule has 0 spiro atoms. The van der Waals surface area contributed by atoms with Crippen molar-refractivity contribution >= 4 is 13.8 Å². The SMILES string of the molecule is CCCC/C=C\C/C=C\CCCCCCCCOCC(COP(=O)(O)OC1C(O)C(O)C(O)C(O)C1O)OC(=O)CCCCCCCCCCCCCCCCCCCCCC. The quantitative estimate of drug-likeness (QED) is 0.0147. The number of unbranched alkanes of at least 4 members (excludes halogenated alkanes) is 27. The number of aliphatic hydroxyl groups excluding tert-OH is 5. The molecule has 0 amide bonds. The van der Waals surface area contributed by atoms with Gasteiger partial charge in [-0.1, -0.05) is 199 Å². The average Bonchev–Trinajstić information content (AvgIpc) is 3.26. The van der Waals surface area contributed by atoms with Crippen LogP contribution in [0, 0.1) is 0 Å². The van der Waals surface area contributed by atoms with Gasteiger partial charge in [0.1, 0.15) is 42.7 Å². The molecule has 62 heavy (non-hydrogen) atoms. The van der Waals surface area contributed by atoms with Gasteiger partial charge in [0.2, 0.25) is 0 Å².